The minimum Gasteiger partial charge on any atom is -0.459 e. The number of carbonyl (C=O) groups excluding carboxylic acids is 2. The van der Waals surface area contributed by atoms with Crippen molar-refractivity contribution in [3.8, 4) is 0 Å². The molecule has 0 spiro atoms. The minimum atomic E-state index is -0.696. The van der Waals surface area contributed by atoms with Gasteiger partial charge in [-0.05, 0) is 77.6 Å². The van der Waals surface area contributed by atoms with Crippen LogP contribution < -0.4 is 0 Å². The fraction of sp³-hybridized carbons (Fsp3) is 0.818. The van der Waals surface area contributed by atoms with Crippen molar-refractivity contribution in [2.45, 2.75) is 96.4 Å². The predicted molar refractivity (Wildman–Crippen MR) is 102 cm³/mol. The number of carbonyl (C=O) groups is 2. The Balaban J connectivity index is 1.65. The fourth-order valence-corrected chi connectivity index (χ4v) is 4.92. The molecule has 4 unspecified atom stereocenters. The van der Waals surface area contributed by atoms with Gasteiger partial charge in [0.15, 0.2) is 0 Å². The molecule has 0 saturated heterocycles. The van der Waals surface area contributed by atoms with Crippen molar-refractivity contribution in [2.24, 2.45) is 17.8 Å². The maximum atomic E-state index is 12.7. The Hall–Kier alpha value is -1.52. The van der Waals surface area contributed by atoms with Crippen LogP contribution in [0.1, 0.15) is 79.1 Å². The Morgan fingerprint density at radius 2 is 1.85 bits per heavy atom. The van der Waals surface area contributed by atoms with Crippen molar-refractivity contribution in [1.29, 1.82) is 0 Å². The summed E-state index contributed by atoms with van der Waals surface area (Å²) in [7, 11) is 0. The van der Waals surface area contributed by atoms with Crippen molar-refractivity contribution >= 4 is 12.1 Å². The van der Waals surface area contributed by atoms with Gasteiger partial charge in [0, 0.05) is 5.92 Å². The molecule has 3 aliphatic rings. The Morgan fingerprint density at radius 1 is 1.15 bits per heavy atom. The van der Waals surface area contributed by atoms with Gasteiger partial charge in [-0.2, -0.15) is 0 Å². The van der Waals surface area contributed by atoms with E-state index in [0.717, 1.165) is 44.9 Å². The van der Waals surface area contributed by atoms with E-state index in [4.69, 9.17) is 14.2 Å². The maximum absolute atomic E-state index is 12.7. The monoisotopic (exact) mass is 378 g/mol. The zero-order chi connectivity index (χ0) is 19.7. The summed E-state index contributed by atoms with van der Waals surface area (Å²) in [6, 6.07) is 0. The van der Waals surface area contributed by atoms with Crippen molar-refractivity contribution < 1.29 is 23.8 Å². The van der Waals surface area contributed by atoms with Crippen LogP contribution >= 0.6 is 0 Å². The van der Waals surface area contributed by atoms with Crippen LogP contribution in [0.25, 0.3) is 0 Å². The Labute approximate surface area is 162 Å². The van der Waals surface area contributed by atoms with Crippen LogP contribution in [0.2, 0.25) is 0 Å². The lowest BCUT2D eigenvalue weighted by Crippen LogP contribution is -2.37. The summed E-state index contributed by atoms with van der Waals surface area (Å²) in [5.41, 5.74) is -0.936. The van der Waals surface area contributed by atoms with Crippen LogP contribution in [0.15, 0.2) is 12.2 Å². The molecule has 0 heterocycles. The second-order valence-corrected chi connectivity index (χ2v) is 9.49. The van der Waals surface area contributed by atoms with Gasteiger partial charge in [0.1, 0.15) is 17.3 Å². The lowest BCUT2D eigenvalue weighted by Gasteiger charge is -2.31. The molecule has 3 aliphatic carbocycles. The number of allylic oxidation sites excluding steroid dienone is 2. The third-order valence-corrected chi connectivity index (χ3v) is 6.30. The van der Waals surface area contributed by atoms with Crippen molar-refractivity contribution in [2.75, 3.05) is 0 Å². The van der Waals surface area contributed by atoms with Crippen LogP contribution in [-0.4, -0.2) is 29.4 Å². The Morgan fingerprint density at radius 3 is 2.37 bits per heavy atom. The lowest BCUT2D eigenvalue weighted by molar-refractivity contribution is -0.163. The number of hydrogen-bond donors (Lipinski definition) is 0. The highest BCUT2D eigenvalue weighted by Crippen LogP contribution is 2.46. The van der Waals surface area contributed by atoms with E-state index in [1.807, 2.05) is 20.8 Å². The summed E-state index contributed by atoms with van der Waals surface area (Å²) in [5.74, 6) is 0.833. The maximum Gasteiger partial charge on any atom is 0.509 e. The molecule has 0 amide bonds. The topological polar surface area (TPSA) is 61.8 Å². The molecule has 0 aromatic rings. The molecule has 152 valence electrons. The average molecular weight is 379 g/mol. The average Bonchev–Trinajstić information content (AvgIpc) is 3.29. The van der Waals surface area contributed by atoms with Crippen LogP contribution in [0.3, 0.4) is 0 Å². The van der Waals surface area contributed by atoms with Gasteiger partial charge < -0.3 is 14.2 Å². The number of esters is 1. The Kier molecular flexibility index (Phi) is 5.87. The molecule has 0 aromatic carbocycles. The molecular formula is C22H34O5. The third-order valence-electron chi connectivity index (χ3n) is 6.30. The SMILES string of the molecule is CCC1(OC(=O)CC(OC(=O)OC(C)(C)C)C2CC3C=CC2C3)CCCC1. The molecule has 0 radical (unpaired) electrons. The highest BCUT2D eigenvalue weighted by molar-refractivity contribution is 5.71. The van der Waals surface area contributed by atoms with E-state index in [0.29, 0.717) is 11.8 Å². The summed E-state index contributed by atoms with van der Waals surface area (Å²) >= 11 is 0. The summed E-state index contributed by atoms with van der Waals surface area (Å²) in [6.07, 6.45) is 10.4. The second kappa shape index (κ2) is 7.84. The first-order valence-electron chi connectivity index (χ1n) is 10.5. The highest BCUT2D eigenvalue weighted by Gasteiger charge is 2.44. The van der Waals surface area contributed by atoms with E-state index < -0.39 is 17.9 Å². The third kappa shape index (κ3) is 5.05. The molecule has 0 N–H and O–H groups in total. The second-order valence-electron chi connectivity index (χ2n) is 9.49. The normalized spacial score (nSPS) is 29.6. The van der Waals surface area contributed by atoms with Crippen molar-refractivity contribution in [1.82, 2.24) is 0 Å². The van der Waals surface area contributed by atoms with E-state index in [1.54, 1.807) is 0 Å². The first-order chi connectivity index (χ1) is 12.7. The van der Waals surface area contributed by atoms with E-state index >= 15 is 0 Å². The molecule has 2 bridgehead atoms. The van der Waals surface area contributed by atoms with Gasteiger partial charge >= 0.3 is 12.1 Å². The number of rotatable bonds is 6. The molecule has 4 atom stereocenters. The molecule has 0 aromatic heterocycles. The van der Waals surface area contributed by atoms with Gasteiger partial charge in [0.2, 0.25) is 0 Å². The van der Waals surface area contributed by atoms with Gasteiger partial charge in [-0.15, -0.1) is 0 Å². The number of ether oxygens (including phenoxy) is 3. The van der Waals surface area contributed by atoms with Crippen LogP contribution in [0.4, 0.5) is 4.79 Å². The van der Waals surface area contributed by atoms with E-state index in [9.17, 15) is 9.59 Å². The standard InChI is InChI=1S/C22H34O5/c1-5-22(10-6-7-11-22)26-19(23)14-18(25-20(24)27-21(2,3)4)17-13-15-8-9-16(17)12-15/h8-9,15-18H,5-7,10-14H2,1-4H3. The van der Waals surface area contributed by atoms with Gasteiger partial charge in [-0.1, -0.05) is 19.1 Å². The van der Waals surface area contributed by atoms with E-state index in [2.05, 4.69) is 19.1 Å². The quantitative estimate of drug-likeness (QED) is 0.471. The van der Waals surface area contributed by atoms with Gasteiger partial charge in [0.05, 0.1) is 6.42 Å². The number of hydrogen-bond acceptors (Lipinski definition) is 5. The molecule has 2 fully saturated rings. The van der Waals surface area contributed by atoms with Gasteiger partial charge in [-0.25, -0.2) is 4.79 Å². The zero-order valence-electron chi connectivity index (χ0n) is 17.2. The number of fused-ring (bicyclic) bond motifs is 2. The summed E-state index contributed by atoms with van der Waals surface area (Å²) in [5, 5.41) is 0. The summed E-state index contributed by atoms with van der Waals surface area (Å²) in [6.45, 7) is 7.50. The molecule has 5 heteroatoms. The van der Waals surface area contributed by atoms with E-state index in [1.165, 1.54) is 0 Å². The van der Waals surface area contributed by atoms with Crippen molar-refractivity contribution in [3.05, 3.63) is 12.2 Å². The predicted octanol–water partition coefficient (Wildman–Crippen LogP) is 5.18. The highest BCUT2D eigenvalue weighted by atomic mass is 16.7. The van der Waals surface area contributed by atoms with Gasteiger partial charge in [-0.3, -0.25) is 4.79 Å². The molecule has 5 nitrogen and oxygen atoms in total. The van der Waals surface area contributed by atoms with E-state index in [-0.39, 0.29) is 23.9 Å². The smallest absolute Gasteiger partial charge is 0.459 e. The molecule has 0 aliphatic heterocycles. The van der Waals surface area contributed by atoms with Crippen LogP contribution in [0.5, 0.6) is 0 Å². The first kappa shape index (κ1) is 20.2. The minimum absolute atomic E-state index is 0.114. The molecule has 3 rings (SSSR count). The zero-order valence-corrected chi connectivity index (χ0v) is 17.2. The lowest BCUT2D eigenvalue weighted by atomic mass is 9.87. The summed E-state index contributed by atoms with van der Waals surface area (Å²) in [4.78, 5) is 25.0. The molecular weight excluding hydrogens is 344 g/mol. The van der Waals surface area contributed by atoms with Crippen molar-refractivity contribution in [3.63, 3.8) is 0 Å². The first-order valence-corrected chi connectivity index (χ1v) is 10.5. The molecule has 27 heavy (non-hydrogen) atoms. The Bertz CT molecular complexity index is 582. The van der Waals surface area contributed by atoms with Crippen LogP contribution in [-0.2, 0) is 19.0 Å². The fourth-order valence-electron chi connectivity index (χ4n) is 4.92. The summed E-state index contributed by atoms with van der Waals surface area (Å²) < 4.78 is 16.9. The van der Waals surface area contributed by atoms with Gasteiger partial charge in [0.25, 0.3) is 0 Å². The molecule has 2 saturated carbocycles. The van der Waals surface area contributed by atoms with Crippen LogP contribution in [0, 0.1) is 17.8 Å². The largest absolute Gasteiger partial charge is 0.509 e.